The van der Waals surface area contributed by atoms with Crippen LogP contribution in [0.4, 0.5) is 5.69 Å². The maximum Gasteiger partial charge on any atom is 0.253 e. The summed E-state index contributed by atoms with van der Waals surface area (Å²) < 4.78 is 5.04. The summed E-state index contributed by atoms with van der Waals surface area (Å²) in [5, 5.41) is 8.73. The van der Waals surface area contributed by atoms with Crippen molar-refractivity contribution in [3.05, 3.63) is 30.3 Å². The van der Waals surface area contributed by atoms with Gasteiger partial charge >= 0.3 is 0 Å². The van der Waals surface area contributed by atoms with Gasteiger partial charge in [0.2, 0.25) is 0 Å². The summed E-state index contributed by atoms with van der Waals surface area (Å²) in [6, 6.07) is 11.3. The lowest BCUT2D eigenvalue weighted by molar-refractivity contribution is -0.127. The van der Waals surface area contributed by atoms with Gasteiger partial charge in [-0.15, -0.1) is 0 Å². The van der Waals surface area contributed by atoms with Crippen molar-refractivity contribution in [2.24, 2.45) is 0 Å². The number of hydrogen-bond acceptors (Lipinski definition) is 3. The van der Waals surface area contributed by atoms with Gasteiger partial charge in [0.15, 0.2) is 6.10 Å². The molecule has 4 heteroatoms. The minimum atomic E-state index is -0.525. The van der Waals surface area contributed by atoms with Crippen LogP contribution in [0.3, 0.4) is 0 Å². The van der Waals surface area contributed by atoms with Crippen molar-refractivity contribution in [3.63, 3.8) is 0 Å². The smallest absolute Gasteiger partial charge is 0.253 e. The quantitative estimate of drug-likeness (QED) is 0.681. The lowest BCUT2D eigenvalue weighted by atomic mass is 10.2. The number of ether oxygens (including phenoxy) is 1. The molecule has 1 heterocycles. The van der Waals surface area contributed by atoms with Crippen LogP contribution in [0.15, 0.2) is 30.3 Å². The van der Waals surface area contributed by atoms with Gasteiger partial charge in [-0.3, -0.25) is 4.79 Å². The van der Waals surface area contributed by atoms with Crippen molar-refractivity contribution < 1.29 is 9.53 Å². The summed E-state index contributed by atoms with van der Waals surface area (Å²) in [7, 11) is 0. The van der Waals surface area contributed by atoms with Gasteiger partial charge in [0, 0.05) is 5.69 Å². The van der Waals surface area contributed by atoms with Gasteiger partial charge in [0.05, 0.1) is 12.6 Å². The van der Waals surface area contributed by atoms with Gasteiger partial charge in [0.1, 0.15) is 6.61 Å². The first-order valence-corrected chi connectivity index (χ1v) is 4.68. The zero-order valence-corrected chi connectivity index (χ0v) is 8.09. The van der Waals surface area contributed by atoms with E-state index in [0.29, 0.717) is 6.54 Å². The van der Waals surface area contributed by atoms with Crippen LogP contribution in [0.2, 0.25) is 0 Å². The number of anilines is 1. The number of morpholine rings is 1. The predicted molar refractivity (Wildman–Crippen MR) is 54.1 cm³/mol. The molecule has 0 N–H and O–H groups in total. The molecule has 1 fully saturated rings. The van der Waals surface area contributed by atoms with Crippen molar-refractivity contribution in [1.82, 2.24) is 0 Å². The third-order valence-corrected chi connectivity index (χ3v) is 2.27. The minimum Gasteiger partial charge on any atom is -0.352 e. The normalized spacial score (nSPS) is 21.1. The Hall–Kier alpha value is -1.86. The maximum absolute atomic E-state index is 11.5. The molecule has 0 aromatic heterocycles. The van der Waals surface area contributed by atoms with Crippen LogP contribution in [-0.2, 0) is 9.53 Å². The molecule has 0 bridgehead atoms. The number of carbonyl (C=O) groups excluding carboxylic acids is 1. The van der Waals surface area contributed by atoms with E-state index in [9.17, 15) is 4.79 Å². The molecule has 4 nitrogen and oxygen atoms in total. The Bertz CT molecular complexity index is 397. The Morgan fingerprint density at radius 3 is 2.80 bits per heavy atom. The second kappa shape index (κ2) is 4.11. The van der Waals surface area contributed by atoms with E-state index in [1.807, 2.05) is 36.4 Å². The Kier molecular flexibility index (Phi) is 2.66. The fraction of sp³-hybridized carbons (Fsp3) is 0.273. The Balaban J connectivity index is 2.21. The molecule has 1 aliphatic heterocycles. The highest BCUT2D eigenvalue weighted by atomic mass is 16.5. The SMILES string of the molecule is N#CC1CN(c2ccccc2)C(=O)CO1. The van der Waals surface area contributed by atoms with Crippen LogP contribution < -0.4 is 4.90 Å². The topological polar surface area (TPSA) is 53.3 Å². The van der Waals surface area contributed by atoms with Gasteiger partial charge < -0.3 is 9.64 Å². The number of para-hydroxylation sites is 1. The van der Waals surface area contributed by atoms with Crippen molar-refractivity contribution in [2.45, 2.75) is 6.10 Å². The monoisotopic (exact) mass is 202 g/mol. The van der Waals surface area contributed by atoms with E-state index >= 15 is 0 Å². The van der Waals surface area contributed by atoms with Crippen molar-refractivity contribution in [1.29, 1.82) is 5.26 Å². The van der Waals surface area contributed by atoms with Crippen LogP contribution in [0.5, 0.6) is 0 Å². The summed E-state index contributed by atoms with van der Waals surface area (Å²) in [6.07, 6.45) is -0.525. The third kappa shape index (κ3) is 1.97. The molecule has 2 rings (SSSR count). The van der Waals surface area contributed by atoms with E-state index < -0.39 is 6.10 Å². The summed E-state index contributed by atoms with van der Waals surface area (Å²) in [6.45, 7) is 0.284. The van der Waals surface area contributed by atoms with E-state index in [0.717, 1.165) is 5.69 Å². The average molecular weight is 202 g/mol. The molecular formula is C11H10N2O2. The number of nitrogens with zero attached hydrogens (tertiary/aromatic N) is 2. The van der Waals surface area contributed by atoms with Gasteiger partial charge in [-0.2, -0.15) is 5.26 Å². The highest BCUT2D eigenvalue weighted by Gasteiger charge is 2.26. The fourth-order valence-electron chi connectivity index (χ4n) is 1.51. The van der Waals surface area contributed by atoms with E-state index in [1.54, 1.807) is 4.90 Å². The molecule has 1 amide bonds. The third-order valence-electron chi connectivity index (χ3n) is 2.27. The largest absolute Gasteiger partial charge is 0.352 e. The van der Waals surface area contributed by atoms with E-state index in [4.69, 9.17) is 10.00 Å². The second-order valence-electron chi connectivity index (χ2n) is 3.27. The van der Waals surface area contributed by atoms with Gasteiger partial charge in [-0.1, -0.05) is 18.2 Å². The molecule has 76 valence electrons. The average Bonchev–Trinajstić information content (AvgIpc) is 2.31. The summed E-state index contributed by atoms with van der Waals surface area (Å²) in [5.41, 5.74) is 0.811. The lowest BCUT2D eigenvalue weighted by Gasteiger charge is -2.29. The standard InChI is InChI=1S/C11H10N2O2/c12-6-10-7-13(11(14)8-15-10)9-4-2-1-3-5-9/h1-5,10H,7-8H2. The molecule has 1 aliphatic rings. The molecule has 0 aliphatic carbocycles. The second-order valence-corrected chi connectivity index (χ2v) is 3.27. The number of rotatable bonds is 1. The number of carbonyl (C=O) groups is 1. The van der Waals surface area contributed by atoms with E-state index in [1.165, 1.54) is 0 Å². The zero-order valence-electron chi connectivity index (χ0n) is 8.09. The highest BCUT2D eigenvalue weighted by Crippen LogP contribution is 2.17. The molecular weight excluding hydrogens is 192 g/mol. The first kappa shape index (κ1) is 9.69. The van der Waals surface area contributed by atoms with Crippen LogP contribution in [0.25, 0.3) is 0 Å². The Labute approximate surface area is 87.7 Å². The number of nitriles is 1. The van der Waals surface area contributed by atoms with E-state index in [2.05, 4.69) is 0 Å². The van der Waals surface area contributed by atoms with Crippen LogP contribution in [-0.4, -0.2) is 25.2 Å². The summed E-state index contributed by atoms with van der Waals surface area (Å²) >= 11 is 0. The molecule has 1 unspecified atom stereocenters. The minimum absolute atomic E-state index is 0.0207. The van der Waals surface area contributed by atoms with Crippen LogP contribution >= 0.6 is 0 Å². The lowest BCUT2D eigenvalue weighted by Crippen LogP contribution is -2.46. The fourth-order valence-corrected chi connectivity index (χ4v) is 1.51. The van der Waals surface area contributed by atoms with E-state index in [-0.39, 0.29) is 12.5 Å². The molecule has 0 radical (unpaired) electrons. The first-order chi connectivity index (χ1) is 7.31. The number of benzene rings is 1. The first-order valence-electron chi connectivity index (χ1n) is 4.68. The predicted octanol–water partition coefficient (Wildman–Crippen LogP) is 0.942. The maximum atomic E-state index is 11.5. The molecule has 0 spiro atoms. The Morgan fingerprint density at radius 2 is 2.13 bits per heavy atom. The van der Waals surface area contributed by atoms with Gasteiger partial charge in [0.25, 0.3) is 5.91 Å². The molecule has 15 heavy (non-hydrogen) atoms. The van der Waals surface area contributed by atoms with Crippen LogP contribution in [0, 0.1) is 11.3 Å². The molecule has 0 saturated carbocycles. The van der Waals surface area contributed by atoms with Crippen molar-refractivity contribution >= 4 is 11.6 Å². The molecule has 1 aromatic carbocycles. The van der Waals surface area contributed by atoms with Crippen LogP contribution in [0.1, 0.15) is 0 Å². The van der Waals surface area contributed by atoms with Gasteiger partial charge in [-0.05, 0) is 12.1 Å². The zero-order chi connectivity index (χ0) is 10.7. The Morgan fingerprint density at radius 1 is 1.40 bits per heavy atom. The van der Waals surface area contributed by atoms with Gasteiger partial charge in [-0.25, -0.2) is 0 Å². The molecule has 1 aromatic rings. The number of amides is 1. The molecule has 1 atom stereocenters. The summed E-state index contributed by atoms with van der Waals surface area (Å²) in [5.74, 6) is -0.104. The summed E-state index contributed by atoms with van der Waals surface area (Å²) in [4.78, 5) is 13.1. The molecule has 1 saturated heterocycles. The highest BCUT2D eigenvalue weighted by molar-refractivity contribution is 5.95. The number of hydrogen-bond donors (Lipinski definition) is 0. The van der Waals surface area contributed by atoms with Crippen molar-refractivity contribution in [2.75, 3.05) is 18.1 Å². The van der Waals surface area contributed by atoms with Crippen molar-refractivity contribution in [3.8, 4) is 6.07 Å².